The maximum Gasteiger partial charge on any atom is 0.416 e. The van der Waals surface area contributed by atoms with Gasteiger partial charge in [-0.15, -0.1) is 0 Å². The second kappa shape index (κ2) is 29.6. The third kappa shape index (κ3) is 17.8. The van der Waals surface area contributed by atoms with Crippen LogP contribution in [0.1, 0.15) is 107 Å². The number of alkyl halides is 24. The summed E-state index contributed by atoms with van der Waals surface area (Å²) >= 11 is 0. The van der Waals surface area contributed by atoms with Crippen LogP contribution in [0, 0.1) is 5.41 Å². The van der Waals surface area contributed by atoms with Gasteiger partial charge in [-0.05, 0) is 105 Å². The summed E-state index contributed by atoms with van der Waals surface area (Å²) in [6.45, 7) is 0.637. The molecule has 2 atom stereocenters. The van der Waals surface area contributed by atoms with E-state index in [1.807, 2.05) is 0 Å². The molecule has 1 radical (unpaired) electrons. The summed E-state index contributed by atoms with van der Waals surface area (Å²) in [6.07, 6.45) is -31.3. The number of aliphatic imine (C=N–C) groups is 1. The van der Waals surface area contributed by atoms with Crippen LogP contribution in [0.15, 0.2) is 216 Å². The van der Waals surface area contributed by atoms with Crippen molar-refractivity contribution in [1.82, 2.24) is 0 Å². The van der Waals surface area contributed by atoms with E-state index in [4.69, 9.17) is 9.73 Å². The van der Waals surface area contributed by atoms with E-state index < -0.39 is 203 Å². The Kier molecular flexibility index (Phi) is 23.0. The van der Waals surface area contributed by atoms with E-state index in [9.17, 15) is 105 Å². The smallest absolute Gasteiger partial charge is 0.416 e. The Morgan fingerprint density at radius 2 is 0.626 bits per heavy atom. The van der Waals surface area contributed by atoms with Crippen LogP contribution in [-0.2, 0) is 74.3 Å². The van der Waals surface area contributed by atoms with E-state index in [0.717, 1.165) is 31.6 Å². The minimum atomic E-state index is -6.13. The van der Waals surface area contributed by atoms with Crippen LogP contribution in [0.25, 0.3) is 0 Å². The van der Waals surface area contributed by atoms with Gasteiger partial charge in [-0.3, -0.25) is 0 Å². The van der Waals surface area contributed by atoms with Gasteiger partial charge in [0.05, 0.1) is 44.5 Å². The summed E-state index contributed by atoms with van der Waals surface area (Å²) in [5.74, 6) is 0.880. The van der Waals surface area contributed by atoms with Crippen LogP contribution < -0.4 is 32.5 Å². The molecule has 1 aliphatic heterocycles. The molecule has 7 aromatic rings. The van der Waals surface area contributed by atoms with Gasteiger partial charge in [0.15, 0.2) is 0 Å². The minimum Gasteiger partial charge on any atom is -0.475 e. The molecule has 529 valence electrons. The molecule has 4 aliphatic rings. The molecule has 11 rings (SSSR count). The van der Waals surface area contributed by atoms with Crippen molar-refractivity contribution < 1.29 is 130 Å². The second-order valence-electron chi connectivity index (χ2n) is 23.4. The predicted molar refractivity (Wildman–Crippen MR) is 326 cm³/mol. The molecule has 0 fully saturated rings. The van der Waals surface area contributed by atoms with Crippen LogP contribution >= 0.6 is 7.92 Å². The Hall–Kier alpha value is -7.57. The molecule has 0 amide bonds. The molecular formula is C70H52BF24IrNOP-. The summed E-state index contributed by atoms with van der Waals surface area (Å²) in [5, 5.41) is 4.44. The van der Waals surface area contributed by atoms with Gasteiger partial charge in [0.25, 0.3) is 0 Å². The Morgan fingerprint density at radius 1 is 0.354 bits per heavy atom. The van der Waals surface area contributed by atoms with Crippen molar-refractivity contribution in [2.24, 2.45) is 10.4 Å². The SMILES string of the molecule is C1=C(C2=NC(c3ccccc3)CO2)C2(CC1)CCC=C2P(c1ccccc1)c1ccccc1.C1=CCCC=CCC1.FC(F)(F)c1cc([B-](c2cc(C(F)(F)F)cc(C(F)(F)F)c2)(c2cc(C(F)(F)F)cc(C(F)(F)F)c2)c2cc(C(F)(F)F)cc(C(F)(F)F)c2)cc(C(F)(F)F)c1.[Ir]. The standard InChI is InChI=1S/C32H12BF24.C30H28NOP.C8H12.Ir/c34-25(35,36)13-1-14(26(37,38)39)6-21(5-13)33(22-7-15(27(40,41)42)2-16(8-22)28(43,44)45,23-9-17(29(46,47)48)3-18(10-23)30(49,50)51)24-11-19(31(52,53)54)4-20(12-24)32(55,56)57;1-4-12-23(13-5-1)27-22-32-29(31-27)26-18-10-20-30(26)21-11-19-28(30)33(24-14-6-2-7-15-24)25-16-8-3-9-17-25;1-2-4-6-8-7-5-3-1;/h1-12H;1-9,12-19,27H,10-11,20-22H2;1-2,7-8H,3-6H2;/q-1;;;. The number of halogens is 24. The molecular weight excluding hydrogens is 1560 g/mol. The van der Waals surface area contributed by atoms with Crippen LogP contribution in [-0.4, -0.2) is 18.7 Å². The van der Waals surface area contributed by atoms with E-state index >= 15 is 0 Å². The summed E-state index contributed by atoms with van der Waals surface area (Å²) in [5.41, 5.74) is -27.6. The van der Waals surface area contributed by atoms with E-state index in [1.54, 1.807) is 5.31 Å². The van der Waals surface area contributed by atoms with Crippen LogP contribution in [0.3, 0.4) is 0 Å². The monoisotopic (exact) mass is 1610 g/mol. The third-order valence-corrected chi connectivity index (χ3v) is 19.7. The molecule has 0 aromatic heterocycles. The number of ether oxygens (including phenoxy) is 1. The zero-order valence-corrected chi connectivity index (χ0v) is 54.1. The van der Waals surface area contributed by atoms with Crippen molar-refractivity contribution in [2.45, 2.75) is 107 Å². The number of nitrogens with zero attached hydrogens (tertiary/aromatic N) is 1. The van der Waals surface area contributed by atoms with Gasteiger partial charge in [0.1, 0.15) is 18.8 Å². The van der Waals surface area contributed by atoms with Gasteiger partial charge < -0.3 is 4.74 Å². The fourth-order valence-electron chi connectivity index (χ4n) is 12.6. The number of rotatable bonds is 9. The molecule has 29 heteroatoms. The molecule has 0 saturated heterocycles. The van der Waals surface area contributed by atoms with E-state index in [0.29, 0.717) is 6.61 Å². The summed E-state index contributed by atoms with van der Waals surface area (Å²) in [4.78, 5) is 5.10. The topological polar surface area (TPSA) is 21.6 Å². The van der Waals surface area contributed by atoms with Gasteiger partial charge in [-0.2, -0.15) is 127 Å². The van der Waals surface area contributed by atoms with Crippen molar-refractivity contribution in [3.05, 3.63) is 261 Å². The van der Waals surface area contributed by atoms with Crippen molar-refractivity contribution in [3.63, 3.8) is 0 Å². The maximum atomic E-state index is 14.2. The van der Waals surface area contributed by atoms with Crippen molar-refractivity contribution in [1.29, 1.82) is 0 Å². The van der Waals surface area contributed by atoms with Crippen LogP contribution in [0.2, 0.25) is 0 Å². The predicted octanol–water partition coefficient (Wildman–Crippen LogP) is 20.6. The number of hydrogen-bond acceptors (Lipinski definition) is 2. The number of hydrogen-bond donors (Lipinski definition) is 0. The molecule has 99 heavy (non-hydrogen) atoms. The van der Waals surface area contributed by atoms with Crippen molar-refractivity contribution in [2.75, 3.05) is 6.61 Å². The molecule has 0 bridgehead atoms. The largest absolute Gasteiger partial charge is 0.475 e. The summed E-state index contributed by atoms with van der Waals surface area (Å²) in [6, 6.07) is 24.0. The average Bonchev–Trinajstić information content (AvgIpc) is 1.42. The van der Waals surface area contributed by atoms with Crippen LogP contribution in [0.4, 0.5) is 105 Å². The minimum absolute atomic E-state index is 0. The first-order valence-corrected chi connectivity index (χ1v) is 31.2. The normalized spacial score (nSPS) is 17.9. The molecule has 1 heterocycles. The maximum absolute atomic E-state index is 14.2. The van der Waals surface area contributed by atoms with Crippen molar-refractivity contribution >= 4 is 52.4 Å². The number of benzene rings is 7. The zero-order valence-electron chi connectivity index (χ0n) is 50.8. The summed E-state index contributed by atoms with van der Waals surface area (Å²) < 4.78 is 347. The fraction of sp³-hybridized carbons (Fsp3) is 0.271. The van der Waals surface area contributed by atoms with Crippen molar-refractivity contribution in [3.8, 4) is 0 Å². The Bertz CT molecular complexity index is 3620. The molecule has 0 saturated carbocycles. The third-order valence-electron chi connectivity index (χ3n) is 16.9. The van der Waals surface area contributed by atoms with Crippen LogP contribution in [0.5, 0.6) is 0 Å². The average molecular weight is 1610 g/mol. The number of allylic oxidation sites excluding steroid dienone is 7. The van der Waals surface area contributed by atoms with E-state index in [-0.39, 0.29) is 31.6 Å². The second-order valence-corrected chi connectivity index (χ2v) is 25.6. The van der Waals surface area contributed by atoms with Gasteiger partial charge in [-0.25, -0.2) is 4.99 Å². The fourth-order valence-corrected chi connectivity index (χ4v) is 15.4. The summed E-state index contributed by atoms with van der Waals surface area (Å²) in [7, 11) is -0.598. The molecule has 2 nitrogen and oxygen atoms in total. The molecule has 0 N–H and O–H groups in total. The molecule has 2 unspecified atom stereocenters. The van der Waals surface area contributed by atoms with Gasteiger partial charge in [0.2, 0.25) is 5.90 Å². The Balaban J connectivity index is 0.000000246. The van der Waals surface area contributed by atoms with Gasteiger partial charge >= 0.3 is 49.4 Å². The first kappa shape index (κ1) is 77.2. The molecule has 7 aromatic carbocycles. The van der Waals surface area contributed by atoms with E-state index in [2.05, 4.69) is 127 Å². The Labute approximate surface area is 565 Å². The Morgan fingerprint density at radius 3 is 0.909 bits per heavy atom. The van der Waals surface area contributed by atoms with E-state index in [1.165, 1.54) is 47.4 Å². The first-order chi connectivity index (χ1) is 45.6. The van der Waals surface area contributed by atoms with Gasteiger partial charge in [0, 0.05) is 31.1 Å². The zero-order chi connectivity index (χ0) is 71.7. The molecule has 3 aliphatic carbocycles. The quantitative estimate of drug-likeness (QED) is 0.0611. The molecule has 1 spiro atoms. The van der Waals surface area contributed by atoms with Gasteiger partial charge in [-0.1, -0.05) is 176 Å². The first-order valence-electron chi connectivity index (χ1n) is 29.8.